The molecule has 0 bridgehead atoms. The third-order valence-corrected chi connectivity index (χ3v) is 5.74. The third kappa shape index (κ3) is 2.96. The van der Waals surface area contributed by atoms with Crippen molar-refractivity contribution in [3.8, 4) is 0 Å². The number of anilines is 3. The van der Waals surface area contributed by atoms with Crippen LogP contribution in [-0.4, -0.2) is 0 Å². The van der Waals surface area contributed by atoms with Gasteiger partial charge in [0.05, 0.1) is 0 Å². The first kappa shape index (κ1) is 17.0. The van der Waals surface area contributed by atoms with E-state index in [9.17, 15) is 0 Å². The molecule has 0 saturated carbocycles. The molecule has 0 radical (unpaired) electrons. The van der Waals surface area contributed by atoms with Crippen LogP contribution >= 0.6 is 15.9 Å². The Morgan fingerprint density at radius 1 is 0.500 bits per heavy atom. The molecule has 1 nitrogen and oxygen atoms in total. The second-order valence-electron chi connectivity index (χ2n) is 6.82. The summed E-state index contributed by atoms with van der Waals surface area (Å²) >= 11 is 3.76. The lowest BCUT2D eigenvalue weighted by Gasteiger charge is -2.26. The molecule has 0 aliphatic heterocycles. The zero-order chi connectivity index (χ0) is 18.9. The van der Waals surface area contributed by atoms with Gasteiger partial charge in [0.2, 0.25) is 0 Å². The molecule has 0 atom stereocenters. The van der Waals surface area contributed by atoms with E-state index in [2.05, 4.69) is 130 Å². The average Bonchev–Trinajstić information content (AvgIpc) is 2.75. The summed E-state index contributed by atoms with van der Waals surface area (Å²) in [6.45, 7) is 0. The molecule has 0 spiro atoms. The predicted molar refractivity (Wildman–Crippen MR) is 124 cm³/mol. The number of hydrogen-bond donors (Lipinski definition) is 0. The highest BCUT2D eigenvalue weighted by Gasteiger charge is 2.13. The molecular weight excluding hydrogens is 406 g/mol. The largest absolute Gasteiger partial charge is 0.310 e. The number of hydrogen-bond acceptors (Lipinski definition) is 1. The van der Waals surface area contributed by atoms with E-state index in [-0.39, 0.29) is 0 Å². The maximum Gasteiger partial charge on any atom is 0.0468 e. The predicted octanol–water partition coefficient (Wildman–Crippen LogP) is 8.23. The number of rotatable bonds is 3. The number of benzene rings is 5. The van der Waals surface area contributed by atoms with Gasteiger partial charge < -0.3 is 4.90 Å². The Kier molecular flexibility index (Phi) is 4.34. The molecule has 5 rings (SSSR count). The SMILES string of the molecule is Brc1cccc2ccc3ccc(N(c4ccccc4)c4ccccc4)cc3c12. The fraction of sp³-hybridized carbons (Fsp3) is 0. The van der Waals surface area contributed by atoms with E-state index in [4.69, 9.17) is 0 Å². The van der Waals surface area contributed by atoms with E-state index < -0.39 is 0 Å². The summed E-state index contributed by atoms with van der Waals surface area (Å²) < 4.78 is 1.12. The monoisotopic (exact) mass is 423 g/mol. The van der Waals surface area contributed by atoms with Crippen LogP contribution in [0, 0.1) is 0 Å². The average molecular weight is 424 g/mol. The maximum atomic E-state index is 3.76. The molecule has 0 aromatic heterocycles. The summed E-state index contributed by atoms with van der Waals surface area (Å²) in [4.78, 5) is 2.30. The van der Waals surface area contributed by atoms with Crippen molar-refractivity contribution in [3.63, 3.8) is 0 Å². The van der Waals surface area contributed by atoms with Crippen LogP contribution in [0.2, 0.25) is 0 Å². The second-order valence-corrected chi connectivity index (χ2v) is 7.67. The smallest absolute Gasteiger partial charge is 0.0468 e. The van der Waals surface area contributed by atoms with Gasteiger partial charge in [0.25, 0.3) is 0 Å². The van der Waals surface area contributed by atoms with Crippen molar-refractivity contribution in [2.24, 2.45) is 0 Å². The highest BCUT2D eigenvalue weighted by Crippen LogP contribution is 2.38. The van der Waals surface area contributed by atoms with Crippen molar-refractivity contribution in [2.75, 3.05) is 4.90 Å². The Hall–Kier alpha value is -3.10. The zero-order valence-electron chi connectivity index (χ0n) is 15.2. The van der Waals surface area contributed by atoms with Gasteiger partial charge in [0.1, 0.15) is 0 Å². The Labute approximate surface area is 173 Å². The van der Waals surface area contributed by atoms with Crippen LogP contribution in [0.15, 0.2) is 114 Å². The number of halogens is 1. The van der Waals surface area contributed by atoms with Gasteiger partial charge >= 0.3 is 0 Å². The van der Waals surface area contributed by atoms with Gasteiger partial charge in [-0.3, -0.25) is 0 Å². The fourth-order valence-electron chi connectivity index (χ4n) is 3.79. The van der Waals surface area contributed by atoms with Crippen LogP contribution < -0.4 is 4.90 Å². The van der Waals surface area contributed by atoms with E-state index >= 15 is 0 Å². The van der Waals surface area contributed by atoms with Crippen molar-refractivity contribution in [1.82, 2.24) is 0 Å². The molecule has 0 heterocycles. The van der Waals surface area contributed by atoms with Crippen LogP contribution in [0.5, 0.6) is 0 Å². The summed E-state index contributed by atoms with van der Waals surface area (Å²) in [6, 6.07) is 38.5. The number of para-hydroxylation sites is 2. The van der Waals surface area contributed by atoms with Crippen molar-refractivity contribution in [3.05, 3.63) is 114 Å². The normalized spacial score (nSPS) is 11.0. The summed E-state index contributed by atoms with van der Waals surface area (Å²) in [5.41, 5.74) is 3.44. The lowest BCUT2D eigenvalue weighted by molar-refractivity contribution is 1.29. The fourth-order valence-corrected chi connectivity index (χ4v) is 4.39. The third-order valence-electron chi connectivity index (χ3n) is 5.08. The quantitative estimate of drug-likeness (QED) is 0.264. The lowest BCUT2D eigenvalue weighted by atomic mass is 10.0. The minimum atomic E-state index is 1.12. The summed E-state index contributed by atoms with van der Waals surface area (Å²) in [5.74, 6) is 0. The molecule has 134 valence electrons. The molecule has 2 heteroatoms. The van der Waals surface area contributed by atoms with E-state index in [1.54, 1.807) is 0 Å². The minimum Gasteiger partial charge on any atom is -0.310 e. The molecule has 0 fully saturated rings. The maximum absolute atomic E-state index is 3.76. The van der Waals surface area contributed by atoms with Crippen LogP contribution in [0.4, 0.5) is 17.1 Å². The van der Waals surface area contributed by atoms with Crippen molar-refractivity contribution in [2.45, 2.75) is 0 Å². The first-order valence-corrected chi connectivity index (χ1v) is 10.1. The summed E-state index contributed by atoms with van der Waals surface area (Å²) in [7, 11) is 0. The van der Waals surface area contributed by atoms with E-state index in [0.717, 1.165) is 21.5 Å². The van der Waals surface area contributed by atoms with Crippen LogP contribution in [0.3, 0.4) is 0 Å². The van der Waals surface area contributed by atoms with Gasteiger partial charge in [0.15, 0.2) is 0 Å². The molecule has 0 unspecified atom stereocenters. The van der Waals surface area contributed by atoms with Crippen LogP contribution in [0.1, 0.15) is 0 Å². The Balaban J connectivity index is 1.79. The lowest BCUT2D eigenvalue weighted by Crippen LogP contribution is -2.09. The van der Waals surface area contributed by atoms with Gasteiger partial charge in [-0.15, -0.1) is 0 Å². The van der Waals surface area contributed by atoms with Crippen molar-refractivity contribution in [1.29, 1.82) is 0 Å². The number of nitrogens with zero attached hydrogens (tertiary/aromatic N) is 1. The van der Waals surface area contributed by atoms with Gasteiger partial charge in [-0.2, -0.15) is 0 Å². The first-order valence-electron chi connectivity index (χ1n) is 9.32. The van der Waals surface area contributed by atoms with Gasteiger partial charge in [-0.1, -0.05) is 82.7 Å². The Bertz CT molecular complexity index is 1220. The van der Waals surface area contributed by atoms with Crippen molar-refractivity contribution < 1.29 is 0 Å². The van der Waals surface area contributed by atoms with Crippen LogP contribution in [-0.2, 0) is 0 Å². The molecular formula is C26H18BrN. The van der Waals surface area contributed by atoms with Crippen molar-refractivity contribution >= 4 is 54.5 Å². The van der Waals surface area contributed by atoms with E-state index in [1.165, 1.54) is 21.5 Å². The van der Waals surface area contributed by atoms with Gasteiger partial charge in [0, 0.05) is 26.9 Å². The standard InChI is InChI=1S/C26H18BrN/c27-25-13-7-8-20-15-14-19-16-17-23(18-24(19)26(20)25)28(21-9-3-1-4-10-21)22-11-5-2-6-12-22/h1-18H. The molecule has 0 aliphatic carbocycles. The highest BCUT2D eigenvalue weighted by atomic mass is 79.9. The zero-order valence-corrected chi connectivity index (χ0v) is 16.8. The Morgan fingerprint density at radius 2 is 1.11 bits per heavy atom. The minimum absolute atomic E-state index is 1.12. The topological polar surface area (TPSA) is 3.24 Å². The molecule has 5 aromatic rings. The summed E-state index contributed by atoms with van der Waals surface area (Å²) in [5, 5.41) is 4.98. The van der Waals surface area contributed by atoms with E-state index in [1.807, 2.05) is 0 Å². The first-order chi connectivity index (χ1) is 13.8. The molecule has 0 aliphatic rings. The summed E-state index contributed by atoms with van der Waals surface area (Å²) in [6.07, 6.45) is 0. The molecule has 0 saturated heterocycles. The van der Waals surface area contributed by atoms with Crippen LogP contribution in [0.25, 0.3) is 21.5 Å². The van der Waals surface area contributed by atoms with Gasteiger partial charge in [-0.05, 0) is 58.6 Å². The second kappa shape index (κ2) is 7.14. The van der Waals surface area contributed by atoms with E-state index in [0.29, 0.717) is 0 Å². The molecule has 5 aromatic carbocycles. The molecule has 28 heavy (non-hydrogen) atoms. The highest BCUT2D eigenvalue weighted by molar-refractivity contribution is 9.10. The van der Waals surface area contributed by atoms with Gasteiger partial charge in [-0.25, -0.2) is 0 Å². The Morgan fingerprint density at radius 3 is 1.79 bits per heavy atom. The molecule has 0 amide bonds. The number of fused-ring (bicyclic) bond motifs is 3. The molecule has 0 N–H and O–H groups in total.